The van der Waals surface area contributed by atoms with E-state index in [1.165, 1.54) is 0 Å². The lowest BCUT2D eigenvalue weighted by Crippen LogP contribution is -2.30. The lowest BCUT2D eigenvalue weighted by atomic mass is 10.2. The third-order valence-electron chi connectivity index (χ3n) is 2.76. The number of nitrogens with zero attached hydrogens (tertiary/aromatic N) is 1. The third kappa shape index (κ3) is 3.60. The van der Waals surface area contributed by atoms with Gasteiger partial charge in [-0.05, 0) is 61.0 Å². The molecule has 1 N–H and O–H groups in total. The zero-order valence-corrected chi connectivity index (χ0v) is 12.7. The highest BCUT2D eigenvalue weighted by atomic mass is 127. The van der Waals surface area contributed by atoms with Crippen LogP contribution in [-0.4, -0.2) is 25.5 Å². The fraction of sp³-hybridized carbons (Fsp3) is 0.385. The molecule has 0 fully saturated rings. The number of rotatable bonds is 6. The summed E-state index contributed by atoms with van der Waals surface area (Å²) in [4.78, 5) is 2.14. The molecular weight excluding hydrogens is 343 g/mol. The molecule has 0 aromatic carbocycles. The lowest BCUT2D eigenvalue weighted by Gasteiger charge is -2.22. The minimum absolute atomic E-state index is 0.231. The Morgan fingerprint density at radius 2 is 2.17 bits per heavy atom. The summed E-state index contributed by atoms with van der Waals surface area (Å²) in [6, 6.07) is 8.11. The number of hydrogen-bond donors (Lipinski definition) is 1. The molecule has 98 valence electrons. The van der Waals surface area contributed by atoms with E-state index in [1.54, 1.807) is 6.26 Å². The van der Waals surface area contributed by atoms with Gasteiger partial charge in [0.2, 0.25) is 0 Å². The van der Waals surface area contributed by atoms with Crippen LogP contribution >= 0.6 is 22.6 Å². The van der Waals surface area contributed by atoms with E-state index in [1.807, 2.05) is 38.4 Å². The highest BCUT2D eigenvalue weighted by molar-refractivity contribution is 14.1. The molecule has 0 spiro atoms. The number of halogens is 1. The topological polar surface area (TPSA) is 41.5 Å². The smallest absolute Gasteiger partial charge is 0.164 e. The molecule has 0 saturated heterocycles. The molecular formula is C13H17IN2O2. The molecule has 5 heteroatoms. The van der Waals surface area contributed by atoms with Crippen molar-refractivity contribution in [1.82, 2.24) is 10.2 Å². The van der Waals surface area contributed by atoms with Crippen molar-refractivity contribution in [2.24, 2.45) is 0 Å². The lowest BCUT2D eigenvalue weighted by molar-refractivity contribution is 0.248. The molecule has 0 aliphatic heterocycles. The minimum Gasteiger partial charge on any atom is -0.468 e. The maximum Gasteiger partial charge on any atom is 0.164 e. The molecule has 2 rings (SSSR count). The average molecular weight is 360 g/mol. The normalized spacial score (nSPS) is 13.1. The van der Waals surface area contributed by atoms with Gasteiger partial charge in [-0.1, -0.05) is 0 Å². The van der Waals surface area contributed by atoms with Crippen LogP contribution < -0.4 is 5.32 Å². The predicted octanol–water partition coefficient (Wildman–Crippen LogP) is 2.87. The molecule has 1 unspecified atom stereocenters. The molecule has 0 amide bonds. The van der Waals surface area contributed by atoms with E-state index in [4.69, 9.17) is 8.83 Å². The monoisotopic (exact) mass is 360 g/mol. The van der Waals surface area contributed by atoms with Crippen LogP contribution in [0.3, 0.4) is 0 Å². The summed E-state index contributed by atoms with van der Waals surface area (Å²) in [6.07, 6.45) is 1.71. The Kier molecular flexibility index (Phi) is 4.85. The molecule has 0 aliphatic rings. The molecule has 0 saturated carbocycles. The maximum atomic E-state index is 5.50. The Bertz CT molecular complexity index is 465. The number of nitrogens with one attached hydrogen (secondary N) is 1. The van der Waals surface area contributed by atoms with Crippen LogP contribution in [0.5, 0.6) is 0 Å². The molecule has 2 aromatic heterocycles. The van der Waals surface area contributed by atoms with E-state index < -0.39 is 0 Å². The molecule has 2 aromatic rings. The summed E-state index contributed by atoms with van der Waals surface area (Å²) in [5, 5.41) is 3.39. The van der Waals surface area contributed by atoms with Crippen molar-refractivity contribution in [3.63, 3.8) is 0 Å². The van der Waals surface area contributed by atoms with Crippen LogP contribution in [0.1, 0.15) is 17.6 Å². The molecule has 0 radical (unpaired) electrons. The van der Waals surface area contributed by atoms with Crippen LogP contribution in [0.15, 0.2) is 39.4 Å². The van der Waals surface area contributed by atoms with Gasteiger partial charge in [-0.15, -0.1) is 0 Å². The molecule has 4 nitrogen and oxygen atoms in total. The second-order valence-corrected chi connectivity index (χ2v) is 5.39. The Labute approximate surface area is 120 Å². The van der Waals surface area contributed by atoms with Gasteiger partial charge in [-0.3, -0.25) is 4.90 Å². The van der Waals surface area contributed by atoms with Crippen LogP contribution in [0.25, 0.3) is 0 Å². The van der Waals surface area contributed by atoms with Crippen molar-refractivity contribution in [3.8, 4) is 0 Å². The minimum atomic E-state index is 0.231. The van der Waals surface area contributed by atoms with E-state index in [-0.39, 0.29) is 6.04 Å². The van der Waals surface area contributed by atoms with E-state index in [2.05, 4.69) is 32.8 Å². The molecule has 18 heavy (non-hydrogen) atoms. The summed E-state index contributed by atoms with van der Waals surface area (Å²) in [5.74, 6) is 1.93. The second-order valence-electron chi connectivity index (χ2n) is 4.33. The molecule has 2 heterocycles. The Morgan fingerprint density at radius 3 is 2.72 bits per heavy atom. The summed E-state index contributed by atoms with van der Waals surface area (Å²) in [6.45, 7) is 1.55. The highest BCUT2D eigenvalue weighted by Gasteiger charge is 2.16. The zero-order chi connectivity index (χ0) is 13.0. The summed E-state index contributed by atoms with van der Waals surface area (Å²) >= 11 is 2.17. The van der Waals surface area contributed by atoms with E-state index in [9.17, 15) is 0 Å². The van der Waals surface area contributed by atoms with Crippen molar-refractivity contribution in [1.29, 1.82) is 0 Å². The summed E-state index contributed by atoms with van der Waals surface area (Å²) < 4.78 is 11.9. The molecule has 0 aliphatic carbocycles. The van der Waals surface area contributed by atoms with Crippen molar-refractivity contribution in [3.05, 3.63) is 45.8 Å². The first-order valence-corrected chi connectivity index (χ1v) is 6.89. The van der Waals surface area contributed by atoms with E-state index in [0.29, 0.717) is 0 Å². The van der Waals surface area contributed by atoms with Gasteiger partial charge in [0.1, 0.15) is 11.5 Å². The van der Waals surface area contributed by atoms with Crippen LogP contribution in [0.2, 0.25) is 0 Å². The number of hydrogen-bond acceptors (Lipinski definition) is 4. The third-order valence-corrected chi connectivity index (χ3v) is 3.34. The van der Waals surface area contributed by atoms with Gasteiger partial charge >= 0.3 is 0 Å². The zero-order valence-electron chi connectivity index (χ0n) is 10.5. The van der Waals surface area contributed by atoms with Gasteiger partial charge in [0, 0.05) is 6.54 Å². The second kappa shape index (κ2) is 6.40. The largest absolute Gasteiger partial charge is 0.468 e. The number of likely N-dealkylation sites (N-methyl/N-ethyl adjacent to an activating group) is 1. The standard InChI is InChI=1S/C13H17IN2O2/c1-16(2)11(12-4-3-7-17-12)9-15-8-10-5-6-13(14)18-10/h3-7,11,15H,8-9H2,1-2H3. The van der Waals surface area contributed by atoms with Gasteiger partial charge in [0.25, 0.3) is 0 Å². The van der Waals surface area contributed by atoms with Crippen molar-refractivity contribution in [2.75, 3.05) is 20.6 Å². The van der Waals surface area contributed by atoms with Crippen LogP contribution in [-0.2, 0) is 6.54 Å². The van der Waals surface area contributed by atoms with Gasteiger partial charge in [-0.2, -0.15) is 0 Å². The van der Waals surface area contributed by atoms with Crippen LogP contribution in [0.4, 0.5) is 0 Å². The Hall–Kier alpha value is -0.790. The predicted molar refractivity (Wildman–Crippen MR) is 78.3 cm³/mol. The van der Waals surface area contributed by atoms with Crippen molar-refractivity contribution < 1.29 is 8.83 Å². The SMILES string of the molecule is CN(C)C(CNCc1ccc(I)o1)c1ccco1. The van der Waals surface area contributed by atoms with Crippen LogP contribution in [0, 0.1) is 3.77 Å². The Morgan fingerprint density at radius 1 is 1.33 bits per heavy atom. The maximum absolute atomic E-state index is 5.50. The molecule has 0 bridgehead atoms. The van der Waals surface area contributed by atoms with E-state index in [0.717, 1.165) is 28.4 Å². The summed E-state index contributed by atoms with van der Waals surface area (Å²) in [5.41, 5.74) is 0. The van der Waals surface area contributed by atoms with Gasteiger partial charge < -0.3 is 14.2 Å². The first kappa shape index (κ1) is 13.6. The first-order valence-electron chi connectivity index (χ1n) is 5.81. The van der Waals surface area contributed by atoms with Gasteiger partial charge in [0.05, 0.1) is 18.8 Å². The first-order chi connectivity index (χ1) is 8.66. The van der Waals surface area contributed by atoms with Crippen molar-refractivity contribution >= 4 is 22.6 Å². The quantitative estimate of drug-likeness (QED) is 0.805. The fourth-order valence-electron chi connectivity index (χ4n) is 1.80. The van der Waals surface area contributed by atoms with Gasteiger partial charge in [-0.25, -0.2) is 0 Å². The molecule has 1 atom stereocenters. The Balaban J connectivity index is 1.87. The fourth-order valence-corrected chi connectivity index (χ4v) is 2.26. The van der Waals surface area contributed by atoms with Crippen molar-refractivity contribution in [2.45, 2.75) is 12.6 Å². The highest BCUT2D eigenvalue weighted by Crippen LogP contribution is 2.18. The van der Waals surface area contributed by atoms with Gasteiger partial charge in [0.15, 0.2) is 3.77 Å². The number of furan rings is 2. The average Bonchev–Trinajstić information content (AvgIpc) is 2.95. The summed E-state index contributed by atoms with van der Waals surface area (Å²) in [7, 11) is 4.09. The van der Waals surface area contributed by atoms with E-state index >= 15 is 0 Å².